The zero-order valence-electron chi connectivity index (χ0n) is 10.8. The van der Waals surface area contributed by atoms with Crippen LogP contribution in [0.5, 0.6) is 5.75 Å². The Labute approximate surface area is 112 Å². The Bertz CT molecular complexity index is 383. The van der Waals surface area contributed by atoms with Gasteiger partial charge in [-0.3, -0.25) is 4.79 Å². The summed E-state index contributed by atoms with van der Waals surface area (Å²) in [6.45, 7) is 2.45. The highest BCUT2D eigenvalue weighted by Crippen LogP contribution is 2.12. The topological polar surface area (TPSA) is 64.3 Å². The molecule has 1 aromatic carbocycles. The summed E-state index contributed by atoms with van der Waals surface area (Å²) >= 11 is 1.55. The molecule has 5 heteroatoms. The van der Waals surface area contributed by atoms with Crippen LogP contribution in [0.25, 0.3) is 0 Å². The van der Waals surface area contributed by atoms with Crippen molar-refractivity contribution in [3.63, 3.8) is 0 Å². The Kier molecular flexibility index (Phi) is 6.60. The van der Waals surface area contributed by atoms with Crippen LogP contribution in [0.1, 0.15) is 12.5 Å². The van der Waals surface area contributed by atoms with Crippen LogP contribution in [-0.4, -0.2) is 30.6 Å². The van der Waals surface area contributed by atoms with E-state index in [1.807, 2.05) is 31.2 Å². The molecule has 3 N–H and O–H groups in total. The van der Waals surface area contributed by atoms with Crippen molar-refractivity contribution in [1.82, 2.24) is 5.32 Å². The number of carbonyl (C=O) groups is 1. The molecule has 4 nitrogen and oxygen atoms in total. The van der Waals surface area contributed by atoms with Crippen molar-refractivity contribution in [3.05, 3.63) is 29.8 Å². The van der Waals surface area contributed by atoms with E-state index in [0.717, 1.165) is 17.1 Å². The molecule has 1 rings (SSSR count). The standard InChI is InChI=1S/C13H20N2O2S/c1-10(14)8-18-9-13(16)15-7-11-4-3-5-12(6-11)17-2/h3-6,10H,7-9,14H2,1-2H3,(H,15,16). The number of hydrogen-bond donors (Lipinski definition) is 2. The highest BCUT2D eigenvalue weighted by Gasteiger charge is 2.03. The Morgan fingerprint density at radius 2 is 2.33 bits per heavy atom. The van der Waals surface area contributed by atoms with Crippen molar-refractivity contribution in [2.24, 2.45) is 5.73 Å². The molecule has 0 heterocycles. The fourth-order valence-corrected chi connectivity index (χ4v) is 2.15. The maximum atomic E-state index is 11.5. The summed E-state index contributed by atoms with van der Waals surface area (Å²) in [6, 6.07) is 7.78. The molecule has 1 aromatic rings. The lowest BCUT2D eigenvalue weighted by Gasteiger charge is -2.07. The van der Waals surface area contributed by atoms with E-state index in [2.05, 4.69) is 5.32 Å². The Morgan fingerprint density at radius 3 is 3.00 bits per heavy atom. The molecule has 0 fully saturated rings. The molecule has 1 amide bonds. The van der Waals surface area contributed by atoms with Crippen LogP contribution < -0.4 is 15.8 Å². The van der Waals surface area contributed by atoms with Crippen molar-refractivity contribution in [3.8, 4) is 5.75 Å². The first-order valence-corrected chi connectivity index (χ1v) is 7.00. The van der Waals surface area contributed by atoms with Gasteiger partial charge >= 0.3 is 0 Å². The molecule has 0 aliphatic carbocycles. The van der Waals surface area contributed by atoms with Crippen molar-refractivity contribution in [2.45, 2.75) is 19.5 Å². The molecule has 100 valence electrons. The average Bonchev–Trinajstić information content (AvgIpc) is 2.36. The largest absolute Gasteiger partial charge is 0.497 e. The number of ether oxygens (including phenoxy) is 1. The highest BCUT2D eigenvalue weighted by molar-refractivity contribution is 7.99. The zero-order valence-corrected chi connectivity index (χ0v) is 11.6. The van der Waals surface area contributed by atoms with Crippen LogP contribution >= 0.6 is 11.8 Å². The quantitative estimate of drug-likeness (QED) is 0.784. The minimum atomic E-state index is 0.0310. The third-order valence-electron chi connectivity index (χ3n) is 2.24. The molecule has 0 saturated carbocycles. The average molecular weight is 268 g/mol. The molecule has 0 aliphatic rings. The lowest BCUT2D eigenvalue weighted by molar-refractivity contribution is -0.118. The van der Waals surface area contributed by atoms with Gasteiger partial charge in [0.05, 0.1) is 12.9 Å². The van der Waals surface area contributed by atoms with E-state index in [9.17, 15) is 4.79 Å². The van der Waals surface area contributed by atoms with E-state index >= 15 is 0 Å². The molecule has 18 heavy (non-hydrogen) atoms. The van der Waals surface area contributed by atoms with Crippen molar-refractivity contribution in [2.75, 3.05) is 18.6 Å². The van der Waals surface area contributed by atoms with Gasteiger partial charge in [-0.2, -0.15) is 11.8 Å². The van der Waals surface area contributed by atoms with E-state index in [-0.39, 0.29) is 11.9 Å². The molecule has 0 aromatic heterocycles. The summed E-state index contributed by atoms with van der Waals surface area (Å²) in [6.07, 6.45) is 0. The highest BCUT2D eigenvalue weighted by atomic mass is 32.2. The summed E-state index contributed by atoms with van der Waals surface area (Å²) in [4.78, 5) is 11.5. The molecule has 0 saturated heterocycles. The van der Waals surface area contributed by atoms with Crippen LogP contribution in [0, 0.1) is 0 Å². The molecule has 0 radical (unpaired) electrons. The number of methoxy groups -OCH3 is 1. The molecule has 0 aliphatic heterocycles. The van der Waals surface area contributed by atoms with Crippen LogP contribution in [-0.2, 0) is 11.3 Å². The first-order chi connectivity index (χ1) is 8.61. The monoisotopic (exact) mass is 268 g/mol. The SMILES string of the molecule is COc1cccc(CNC(=O)CSCC(C)N)c1. The predicted octanol–water partition coefficient (Wildman–Crippen LogP) is 1.39. The number of hydrogen-bond acceptors (Lipinski definition) is 4. The van der Waals surface area contributed by atoms with Crippen LogP contribution in [0.3, 0.4) is 0 Å². The minimum absolute atomic E-state index is 0.0310. The normalized spacial score (nSPS) is 11.9. The van der Waals surface area contributed by atoms with Crippen LogP contribution in [0.15, 0.2) is 24.3 Å². The van der Waals surface area contributed by atoms with Crippen LogP contribution in [0.2, 0.25) is 0 Å². The number of nitrogens with one attached hydrogen (secondary N) is 1. The summed E-state index contributed by atoms with van der Waals surface area (Å²) in [5, 5.41) is 2.87. The van der Waals surface area contributed by atoms with Gasteiger partial charge in [0.2, 0.25) is 5.91 Å². The molecule has 1 atom stereocenters. The third-order valence-corrected chi connectivity index (χ3v) is 3.47. The zero-order chi connectivity index (χ0) is 13.4. The van der Waals surface area contributed by atoms with Gasteiger partial charge in [0, 0.05) is 18.3 Å². The van der Waals surface area contributed by atoms with Gasteiger partial charge < -0.3 is 15.8 Å². The summed E-state index contributed by atoms with van der Waals surface area (Å²) in [5.41, 5.74) is 6.64. The summed E-state index contributed by atoms with van der Waals surface area (Å²) in [5.74, 6) is 2.08. The first-order valence-electron chi connectivity index (χ1n) is 5.84. The first kappa shape index (κ1) is 14.9. The van der Waals surface area contributed by atoms with Crippen molar-refractivity contribution < 1.29 is 9.53 Å². The lowest BCUT2D eigenvalue weighted by Crippen LogP contribution is -2.26. The maximum Gasteiger partial charge on any atom is 0.230 e. The number of benzene rings is 1. The fourth-order valence-electron chi connectivity index (χ4n) is 1.37. The van der Waals surface area contributed by atoms with Gasteiger partial charge in [-0.15, -0.1) is 0 Å². The number of amides is 1. The van der Waals surface area contributed by atoms with Gasteiger partial charge in [0.1, 0.15) is 5.75 Å². The van der Waals surface area contributed by atoms with Crippen LogP contribution in [0.4, 0.5) is 0 Å². The number of carbonyl (C=O) groups excluding carboxylic acids is 1. The third kappa shape index (κ3) is 5.93. The Morgan fingerprint density at radius 1 is 1.56 bits per heavy atom. The molecule has 0 bridgehead atoms. The van der Waals surface area contributed by atoms with E-state index in [1.165, 1.54) is 0 Å². The molecule has 1 unspecified atom stereocenters. The molecular formula is C13H20N2O2S. The van der Waals surface area contributed by atoms with Gasteiger partial charge in [0.25, 0.3) is 0 Å². The number of rotatable bonds is 7. The Hall–Kier alpha value is -1.20. The summed E-state index contributed by atoms with van der Waals surface area (Å²) < 4.78 is 5.12. The van der Waals surface area contributed by atoms with E-state index in [4.69, 9.17) is 10.5 Å². The van der Waals surface area contributed by atoms with E-state index in [1.54, 1.807) is 18.9 Å². The second-order valence-electron chi connectivity index (χ2n) is 4.12. The molecular weight excluding hydrogens is 248 g/mol. The summed E-state index contributed by atoms with van der Waals surface area (Å²) in [7, 11) is 1.63. The maximum absolute atomic E-state index is 11.5. The number of thioether (sulfide) groups is 1. The van der Waals surface area contributed by atoms with Crippen molar-refractivity contribution >= 4 is 17.7 Å². The van der Waals surface area contributed by atoms with E-state index < -0.39 is 0 Å². The fraction of sp³-hybridized carbons (Fsp3) is 0.462. The minimum Gasteiger partial charge on any atom is -0.497 e. The predicted molar refractivity (Wildman–Crippen MR) is 75.8 cm³/mol. The molecule has 0 spiro atoms. The lowest BCUT2D eigenvalue weighted by atomic mass is 10.2. The smallest absolute Gasteiger partial charge is 0.230 e. The van der Waals surface area contributed by atoms with Gasteiger partial charge in [-0.25, -0.2) is 0 Å². The van der Waals surface area contributed by atoms with Gasteiger partial charge in [-0.1, -0.05) is 12.1 Å². The Balaban J connectivity index is 2.29. The van der Waals surface area contributed by atoms with Gasteiger partial charge in [-0.05, 0) is 24.6 Å². The second-order valence-corrected chi connectivity index (χ2v) is 5.15. The second kappa shape index (κ2) is 8.00. The van der Waals surface area contributed by atoms with Gasteiger partial charge in [0.15, 0.2) is 0 Å². The van der Waals surface area contributed by atoms with E-state index in [0.29, 0.717) is 12.3 Å². The number of nitrogens with two attached hydrogens (primary N) is 1. The van der Waals surface area contributed by atoms with Crippen molar-refractivity contribution in [1.29, 1.82) is 0 Å².